The van der Waals surface area contributed by atoms with Crippen LogP contribution in [0, 0.1) is 13.8 Å². The number of aromatic nitrogens is 2. The van der Waals surface area contributed by atoms with Crippen molar-refractivity contribution < 1.29 is 4.74 Å². The first kappa shape index (κ1) is 15.0. The molecule has 4 nitrogen and oxygen atoms in total. The number of rotatable bonds is 5. The zero-order valence-corrected chi connectivity index (χ0v) is 12.8. The quantitative estimate of drug-likeness (QED) is 0.922. The maximum atomic E-state index is 6.39. The number of nitrogens with two attached hydrogens (primary N) is 1. The van der Waals surface area contributed by atoms with Gasteiger partial charge in [0.25, 0.3) is 0 Å². The first-order chi connectivity index (χ1) is 9.52. The molecule has 2 N–H and O–H groups in total. The van der Waals surface area contributed by atoms with Crippen LogP contribution in [0.5, 0.6) is 0 Å². The monoisotopic (exact) mass is 293 g/mol. The van der Waals surface area contributed by atoms with E-state index in [0.29, 0.717) is 18.2 Å². The highest BCUT2D eigenvalue weighted by atomic mass is 35.5. The number of hydrogen-bond donors (Lipinski definition) is 1. The predicted molar refractivity (Wildman–Crippen MR) is 81.1 cm³/mol. The van der Waals surface area contributed by atoms with Gasteiger partial charge >= 0.3 is 0 Å². The molecule has 0 aliphatic rings. The average molecular weight is 294 g/mol. The van der Waals surface area contributed by atoms with E-state index in [9.17, 15) is 0 Å². The fourth-order valence-corrected chi connectivity index (χ4v) is 2.64. The minimum Gasteiger partial charge on any atom is -0.383 e. The van der Waals surface area contributed by atoms with E-state index in [1.54, 1.807) is 13.3 Å². The van der Waals surface area contributed by atoms with Crippen LogP contribution in [0.3, 0.4) is 0 Å². The van der Waals surface area contributed by atoms with Crippen LogP contribution in [-0.4, -0.2) is 23.5 Å². The van der Waals surface area contributed by atoms with Crippen LogP contribution in [0.25, 0.3) is 0 Å². The maximum absolute atomic E-state index is 6.39. The lowest BCUT2D eigenvalue weighted by Crippen LogP contribution is -2.19. The van der Waals surface area contributed by atoms with Gasteiger partial charge in [0.05, 0.1) is 36.1 Å². The highest BCUT2D eigenvalue weighted by Crippen LogP contribution is 2.27. The molecule has 0 fully saturated rings. The lowest BCUT2D eigenvalue weighted by atomic mass is 10.00. The highest BCUT2D eigenvalue weighted by molar-refractivity contribution is 6.31. The van der Waals surface area contributed by atoms with Gasteiger partial charge < -0.3 is 10.5 Å². The van der Waals surface area contributed by atoms with Crippen molar-refractivity contribution in [2.45, 2.75) is 26.4 Å². The number of ether oxygens (including phenoxy) is 1. The smallest absolute Gasteiger partial charge is 0.0837 e. The van der Waals surface area contributed by atoms with Crippen LogP contribution in [-0.2, 0) is 11.3 Å². The second-order valence-corrected chi connectivity index (χ2v) is 5.40. The van der Waals surface area contributed by atoms with Crippen molar-refractivity contribution in [3.63, 3.8) is 0 Å². The van der Waals surface area contributed by atoms with E-state index in [1.807, 2.05) is 4.68 Å². The fraction of sp³-hybridized carbons (Fsp3) is 0.400. The van der Waals surface area contributed by atoms with Crippen LogP contribution >= 0.6 is 11.6 Å². The van der Waals surface area contributed by atoms with Gasteiger partial charge in [-0.3, -0.25) is 4.68 Å². The maximum Gasteiger partial charge on any atom is 0.0837 e. The van der Waals surface area contributed by atoms with E-state index >= 15 is 0 Å². The zero-order chi connectivity index (χ0) is 14.7. The summed E-state index contributed by atoms with van der Waals surface area (Å²) in [6, 6.07) is 6.00. The molecule has 108 valence electrons. The summed E-state index contributed by atoms with van der Waals surface area (Å²) < 4.78 is 6.90. The van der Waals surface area contributed by atoms with Crippen molar-refractivity contribution in [1.29, 1.82) is 0 Å². The molecule has 1 unspecified atom stereocenters. The van der Waals surface area contributed by atoms with Crippen molar-refractivity contribution in [1.82, 2.24) is 9.78 Å². The van der Waals surface area contributed by atoms with E-state index in [2.05, 4.69) is 37.1 Å². The normalized spacial score (nSPS) is 12.7. The Morgan fingerprint density at radius 3 is 2.55 bits per heavy atom. The largest absolute Gasteiger partial charge is 0.383 e. The fourth-order valence-electron chi connectivity index (χ4n) is 2.38. The molecule has 0 bridgehead atoms. The Bertz CT molecular complexity index is 575. The number of methoxy groups -OCH3 is 1. The molecule has 1 aromatic heterocycles. The molecule has 0 amide bonds. The standard InChI is InChI=1S/C15H20ClN3O/c1-10-6-11(2)8-12(7-10)14(17)15-13(16)9-18-19(15)4-5-20-3/h6-9,14H,4-5,17H2,1-3H3. The van der Waals surface area contributed by atoms with E-state index in [4.69, 9.17) is 22.1 Å². The molecule has 20 heavy (non-hydrogen) atoms. The Balaban J connectivity index is 2.36. The Morgan fingerprint density at radius 2 is 1.95 bits per heavy atom. The summed E-state index contributed by atoms with van der Waals surface area (Å²) in [5, 5.41) is 4.86. The summed E-state index contributed by atoms with van der Waals surface area (Å²) in [6.07, 6.45) is 1.63. The molecular formula is C15H20ClN3O. The van der Waals surface area contributed by atoms with Crippen molar-refractivity contribution in [3.8, 4) is 0 Å². The second kappa shape index (κ2) is 6.39. The van der Waals surface area contributed by atoms with Crippen molar-refractivity contribution in [2.24, 2.45) is 5.73 Å². The predicted octanol–water partition coefficient (Wildman–Crippen LogP) is 2.85. The lowest BCUT2D eigenvalue weighted by molar-refractivity contribution is 0.182. The van der Waals surface area contributed by atoms with Crippen molar-refractivity contribution in [2.75, 3.05) is 13.7 Å². The van der Waals surface area contributed by atoms with Gasteiger partial charge in [-0.15, -0.1) is 0 Å². The molecule has 1 heterocycles. The summed E-state index contributed by atoms with van der Waals surface area (Å²) in [6.45, 7) is 5.34. The molecule has 1 atom stereocenters. The van der Waals surface area contributed by atoms with Crippen LogP contribution in [0.15, 0.2) is 24.4 Å². The number of benzene rings is 1. The molecule has 0 aliphatic carbocycles. The highest BCUT2D eigenvalue weighted by Gasteiger charge is 2.19. The zero-order valence-electron chi connectivity index (χ0n) is 12.1. The molecule has 0 radical (unpaired) electrons. The summed E-state index contributed by atoms with van der Waals surface area (Å²) >= 11 is 6.24. The minimum absolute atomic E-state index is 0.291. The van der Waals surface area contributed by atoms with Gasteiger partial charge in [0.2, 0.25) is 0 Å². The van der Waals surface area contributed by atoms with Crippen molar-refractivity contribution in [3.05, 3.63) is 51.8 Å². The first-order valence-electron chi connectivity index (χ1n) is 6.57. The Hall–Kier alpha value is -1.36. The van der Waals surface area contributed by atoms with Crippen LogP contribution in [0.2, 0.25) is 5.02 Å². The van der Waals surface area contributed by atoms with Gasteiger partial charge in [-0.25, -0.2) is 0 Å². The second-order valence-electron chi connectivity index (χ2n) is 4.99. The summed E-state index contributed by atoms with van der Waals surface area (Å²) in [7, 11) is 1.66. The molecule has 1 aromatic carbocycles. The molecule has 2 aromatic rings. The molecule has 0 saturated heterocycles. The molecule has 5 heteroatoms. The Morgan fingerprint density at radius 1 is 1.30 bits per heavy atom. The Kier molecular flexibility index (Phi) is 4.81. The third-order valence-electron chi connectivity index (χ3n) is 3.24. The number of aryl methyl sites for hydroxylation is 2. The number of halogens is 1. The summed E-state index contributed by atoms with van der Waals surface area (Å²) in [5.41, 5.74) is 10.6. The molecule has 0 aliphatic heterocycles. The summed E-state index contributed by atoms with van der Waals surface area (Å²) in [5.74, 6) is 0. The number of nitrogens with zero attached hydrogens (tertiary/aromatic N) is 2. The number of hydrogen-bond acceptors (Lipinski definition) is 3. The summed E-state index contributed by atoms with van der Waals surface area (Å²) in [4.78, 5) is 0. The topological polar surface area (TPSA) is 53.1 Å². The van der Waals surface area contributed by atoms with Gasteiger partial charge in [0.1, 0.15) is 0 Å². The lowest BCUT2D eigenvalue weighted by Gasteiger charge is -2.16. The molecular weight excluding hydrogens is 274 g/mol. The SMILES string of the molecule is COCCn1ncc(Cl)c1C(N)c1cc(C)cc(C)c1. The Labute approximate surface area is 124 Å². The van der Waals surface area contributed by atoms with E-state index in [-0.39, 0.29) is 6.04 Å². The van der Waals surface area contributed by atoms with E-state index in [0.717, 1.165) is 11.3 Å². The van der Waals surface area contributed by atoms with E-state index in [1.165, 1.54) is 11.1 Å². The molecule has 2 rings (SSSR count). The van der Waals surface area contributed by atoms with Crippen LogP contribution in [0.4, 0.5) is 0 Å². The first-order valence-corrected chi connectivity index (χ1v) is 6.94. The third kappa shape index (κ3) is 3.20. The van der Waals surface area contributed by atoms with Crippen LogP contribution in [0.1, 0.15) is 28.4 Å². The third-order valence-corrected chi connectivity index (χ3v) is 3.53. The molecule has 0 saturated carbocycles. The van der Waals surface area contributed by atoms with Gasteiger partial charge in [-0.05, 0) is 19.4 Å². The average Bonchev–Trinajstić information content (AvgIpc) is 2.75. The minimum atomic E-state index is -0.291. The van der Waals surface area contributed by atoms with Gasteiger partial charge in [0.15, 0.2) is 0 Å². The van der Waals surface area contributed by atoms with E-state index < -0.39 is 0 Å². The van der Waals surface area contributed by atoms with Gasteiger partial charge in [-0.1, -0.05) is 40.9 Å². The van der Waals surface area contributed by atoms with Gasteiger partial charge in [0, 0.05) is 7.11 Å². The molecule has 0 spiro atoms. The van der Waals surface area contributed by atoms with Crippen LogP contribution < -0.4 is 5.73 Å². The van der Waals surface area contributed by atoms with Gasteiger partial charge in [-0.2, -0.15) is 5.10 Å². The van der Waals surface area contributed by atoms with Crippen molar-refractivity contribution >= 4 is 11.6 Å².